The number of fused-ring (bicyclic) bond motifs is 2. The van der Waals surface area contributed by atoms with Crippen molar-refractivity contribution in [2.24, 2.45) is 23.2 Å². The number of hydrogen-bond donors (Lipinski definition) is 1. The Bertz CT molecular complexity index is 508. The lowest BCUT2D eigenvalue weighted by Gasteiger charge is -2.62. The monoisotopic (exact) mass is 305 g/mol. The lowest BCUT2D eigenvalue weighted by Crippen LogP contribution is -2.59. The van der Waals surface area contributed by atoms with Crippen LogP contribution in [-0.4, -0.2) is 6.04 Å². The number of nitrogens with one attached hydrogen (secondary N) is 1. The molecular formula is C19H31NS. The van der Waals surface area contributed by atoms with Crippen molar-refractivity contribution in [3.05, 3.63) is 21.9 Å². The molecule has 3 aliphatic carbocycles. The average molecular weight is 306 g/mol. The molecule has 0 saturated heterocycles. The Balaban J connectivity index is 1.58. The molecule has 1 heterocycles. The van der Waals surface area contributed by atoms with Gasteiger partial charge in [0.05, 0.1) is 0 Å². The Morgan fingerprint density at radius 1 is 1.24 bits per heavy atom. The Morgan fingerprint density at radius 3 is 2.48 bits per heavy atom. The molecule has 0 radical (unpaired) electrons. The molecule has 2 heteroatoms. The van der Waals surface area contributed by atoms with Crippen LogP contribution in [0.15, 0.2) is 12.1 Å². The van der Waals surface area contributed by atoms with Crippen molar-refractivity contribution in [3.63, 3.8) is 0 Å². The fraction of sp³-hybridized carbons (Fsp3) is 0.789. The molecule has 4 rings (SSSR count). The topological polar surface area (TPSA) is 12.0 Å². The van der Waals surface area contributed by atoms with Gasteiger partial charge in [0.15, 0.2) is 0 Å². The minimum Gasteiger partial charge on any atom is -0.309 e. The van der Waals surface area contributed by atoms with E-state index in [1.165, 1.54) is 22.6 Å². The van der Waals surface area contributed by atoms with Gasteiger partial charge in [-0.15, -0.1) is 11.3 Å². The van der Waals surface area contributed by atoms with Gasteiger partial charge in [-0.05, 0) is 53.6 Å². The maximum Gasteiger partial charge on any atom is 0.0302 e. The molecule has 4 atom stereocenters. The van der Waals surface area contributed by atoms with Crippen LogP contribution in [-0.2, 0) is 12.0 Å². The van der Waals surface area contributed by atoms with Crippen LogP contribution in [0.1, 0.15) is 64.1 Å². The molecule has 21 heavy (non-hydrogen) atoms. The molecule has 3 saturated carbocycles. The van der Waals surface area contributed by atoms with E-state index < -0.39 is 0 Å². The lowest BCUT2D eigenvalue weighted by molar-refractivity contribution is -0.115. The van der Waals surface area contributed by atoms with Crippen molar-refractivity contribution < 1.29 is 0 Å². The molecule has 3 fully saturated rings. The largest absolute Gasteiger partial charge is 0.309 e. The average Bonchev–Trinajstić information content (AvgIpc) is 2.85. The molecule has 1 aromatic heterocycles. The summed E-state index contributed by atoms with van der Waals surface area (Å²) in [6.07, 6.45) is 2.85. The van der Waals surface area contributed by atoms with E-state index in [9.17, 15) is 0 Å². The first-order valence-electron chi connectivity index (χ1n) is 8.52. The second-order valence-corrected chi connectivity index (χ2v) is 10.1. The molecule has 118 valence electrons. The minimum atomic E-state index is 0.284. The number of hydrogen-bond acceptors (Lipinski definition) is 2. The van der Waals surface area contributed by atoms with E-state index in [4.69, 9.17) is 0 Å². The molecule has 1 nitrogen and oxygen atoms in total. The predicted octanol–water partition coefficient (Wildman–Crippen LogP) is 5.21. The third-order valence-corrected chi connectivity index (χ3v) is 7.80. The van der Waals surface area contributed by atoms with Crippen LogP contribution in [0.4, 0.5) is 0 Å². The Kier molecular flexibility index (Phi) is 3.77. The van der Waals surface area contributed by atoms with Crippen LogP contribution in [0.2, 0.25) is 0 Å². The molecule has 1 aromatic rings. The maximum atomic E-state index is 3.86. The smallest absolute Gasteiger partial charge is 0.0302 e. The molecule has 2 bridgehead atoms. The van der Waals surface area contributed by atoms with E-state index in [1.54, 1.807) is 0 Å². The fourth-order valence-electron chi connectivity index (χ4n) is 4.53. The van der Waals surface area contributed by atoms with Crippen LogP contribution in [0, 0.1) is 23.2 Å². The molecule has 1 unspecified atom stereocenters. The van der Waals surface area contributed by atoms with E-state index >= 15 is 0 Å². The zero-order valence-electron chi connectivity index (χ0n) is 14.5. The highest BCUT2D eigenvalue weighted by molar-refractivity contribution is 7.12. The van der Waals surface area contributed by atoms with Gasteiger partial charge < -0.3 is 5.32 Å². The molecule has 1 N–H and O–H groups in total. The highest BCUT2D eigenvalue weighted by atomic mass is 32.1. The normalized spacial score (nSPS) is 34.6. The predicted molar refractivity (Wildman–Crippen MR) is 92.8 cm³/mol. The zero-order chi connectivity index (χ0) is 15.4. The highest BCUT2D eigenvalue weighted by Crippen LogP contribution is 2.61. The SMILES string of the molecule is C[C@@H]1[C@H]2CC(C[C@H]1NCc1ccc(C(C)(C)C)s1)C2(C)C. The highest BCUT2D eigenvalue weighted by Gasteiger charge is 2.55. The lowest BCUT2D eigenvalue weighted by atomic mass is 9.45. The second-order valence-electron chi connectivity index (χ2n) is 8.96. The van der Waals surface area contributed by atoms with E-state index in [-0.39, 0.29) is 5.41 Å². The fourth-order valence-corrected chi connectivity index (χ4v) is 5.54. The van der Waals surface area contributed by atoms with Gasteiger partial charge in [0, 0.05) is 22.3 Å². The molecule has 0 aromatic carbocycles. The van der Waals surface area contributed by atoms with E-state index in [0.717, 1.165) is 30.3 Å². The first-order valence-corrected chi connectivity index (χ1v) is 9.34. The summed E-state index contributed by atoms with van der Waals surface area (Å²) in [5.74, 6) is 2.71. The third kappa shape index (κ3) is 2.70. The molecule has 3 aliphatic rings. The first-order chi connectivity index (χ1) is 9.69. The number of rotatable bonds is 3. The summed E-state index contributed by atoms with van der Waals surface area (Å²) in [5, 5.41) is 3.86. The van der Waals surface area contributed by atoms with Crippen molar-refractivity contribution in [1.82, 2.24) is 5.32 Å². The van der Waals surface area contributed by atoms with Crippen LogP contribution in [0.3, 0.4) is 0 Å². The summed E-state index contributed by atoms with van der Waals surface area (Å²) in [6, 6.07) is 5.35. The van der Waals surface area contributed by atoms with Gasteiger partial charge >= 0.3 is 0 Å². The summed E-state index contributed by atoms with van der Waals surface area (Å²) in [4.78, 5) is 2.99. The van der Waals surface area contributed by atoms with E-state index in [0.29, 0.717) is 5.41 Å². The van der Waals surface area contributed by atoms with Crippen molar-refractivity contribution in [1.29, 1.82) is 0 Å². The van der Waals surface area contributed by atoms with Gasteiger partial charge in [-0.2, -0.15) is 0 Å². The van der Waals surface area contributed by atoms with Gasteiger partial charge in [-0.3, -0.25) is 0 Å². The van der Waals surface area contributed by atoms with Crippen LogP contribution < -0.4 is 5.32 Å². The van der Waals surface area contributed by atoms with Crippen LogP contribution in [0.5, 0.6) is 0 Å². The summed E-state index contributed by atoms with van der Waals surface area (Å²) < 4.78 is 0. The molecule has 0 aliphatic heterocycles. The van der Waals surface area contributed by atoms with Gasteiger partial charge in [0.1, 0.15) is 0 Å². The Hall–Kier alpha value is -0.340. The maximum absolute atomic E-state index is 3.86. The van der Waals surface area contributed by atoms with Crippen molar-refractivity contribution in [2.45, 2.75) is 72.4 Å². The Labute approximate surface area is 134 Å². The first kappa shape index (κ1) is 15.6. The quantitative estimate of drug-likeness (QED) is 0.808. The van der Waals surface area contributed by atoms with Crippen molar-refractivity contribution >= 4 is 11.3 Å². The van der Waals surface area contributed by atoms with Gasteiger partial charge in [-0.25, -0.2) is 0 Å². The molecular weight excluding hydrogens is 274 g/mol. The Morgan fingerprint density at radius 2 is 1.95 bits per heavy atom. The summed E-state index contributed by atoms with van der Waals surface area (Å²) in [5.41, 5.74) is 0.882. The van der Waals surface area contributed by atoms with Gasteiger partial charge in [0.2, 0.25) is 0 Å². The van der Waals surface area contributed by atoms with E-state index in [2.05, 4.69) is 59.0 Å². The van der Waals surface area contributed by atoms with E-state index in [1.807, 2.05) is 11.3 Å². The molecule has 0 spiro atoms. The summed E-state index contributed by atoms with van der Waals surface area (Å²) >= 11 is 1.98. The summed E-state index contributed by atoms with van der Waals surface area (Å²) in [6.45, 7) is 15.4. The summed E-state index contributed by atoms with van der Waals surface area (Å²) in [7, 11) is 0. The zero-order valence-corrected chi connectivity index (χ0v) is 15.3. The minimum absolute atomic E-state index is 0.284. The van der Waals surface area contributed by atoms with Gasteiger partial charge in [-0.1, -0.05) is 41.5 Å². The van der Waals surface area contributed by atoms with Crippen LogP contribution in [0.25, 0.3) is 0 Å². The molecule has 0 amide bonds. The van der Waals surface area contributed by atoms with Crippen molar-refractivity contribution in [2.75, 3.05) is 0 Å². The van der Waals surface area contributed by atoms with Crippen LogP contribution >= 0.6 is 11.3 Å². The second kappa shape index (κ2) is 5.09. The number of thiophene rings is 1. The van der Waals surface area contributed by atoms with Gasteiger partial charge in [0.25, 0.3) is 0 Å². The third-order valence-electron chi connectivity index (χ3n) is 6.29. The van der Waals surface area contributed by atoms with Crippen molar-refractivity contribution in [3.8, 4) is 0 Å². The standard InChI is InChI=1S/C19H31NS/c1-12-15-9-13(19(15,5)6)10-16(12)20-11-14-7-8-17(21-14)18(2,3)4/h7-8,12-13,15-16,20H,9-11H2,1-6H3/t12-,13?,15-,16-/m1/s1.